The fraction of sp³-hybridized carbons (Fsp3) is 0.367. The molecule has 2 aliphatic heterocycles. The number of nitrogens with zero attached hydrogens (tertiary/aromatic N) is 4. The molecule has 7 heteroatoms. The number of pyridine rings is 1. The van der Waals surface area contributed by atoms with E-state index in [0.717, 1.165) is 60.6 Å². The van der Waals surface area contributed by atoms with Crippen LogP contribution in [-0.4, -0.2) is 55.5 Å². The van der Waals surface area contributed by atoms with E-state index in [1.807, 2.05) is 42.7 Å². The molecular formula is C30H34N4O3. The van der Waals surface area contributed by atoms with Crippen molar-refractivity contribution in [3.63, 3.8) is 0 Å². The maximum absolute atomic E-state index is 13.4. The van der Waals surface area contributed by atoms with Crippen LogP contribution in [0.4, 0.5) is 5.82 Å². The van der Waals surface area contributed by atoms with Gasteiger partial charge in [0.15, 0.2) is 0 Å². The molecule has 1 atom stereocenters. The maximum Gasteiger partial charge on any atom is 0.246 e. The van der Waals surface area contributed by atoms with Crippen molar-refractivity contribution in [2.45, 2.75) is 32.2 Å². The third-order valence-corrected chi connectivity index (χ3v) is 7.23. The number of aryl methyl sites for hydroxylation is 1. The van der Waals surface area contributed by atoms with E-state index in [9.17, 15) is 4.79 Å². The number of piperidine rings is 1. The summed E-state index contributed by atoms with van der Waals surface area (Å²) in [5, 5.41) is 6.15. The van der Waals surface area contributed by atoms with Crippen molar-refractivity contribution in [1.82, 2.24) is 9.99 Å². The molecule has 1 aromatic heterocycles. The summed E-state index contributed by atoms with van der Waals surface area (Å²) in [6, 6.07) is 20.5. The molecule has 0 spiro atoms. The summed E-state index contributed by atoms with van der Waals surface area (Å²) < 4.78 is 10.9. The number of hydrazone groups is 1. The highest BCUT2D eigenvalue weighted by molar-refractivity contribution is 5.82. The van der Waals surface area contributed by atoms with Gasteiger partial charge in [0.25, 0.3) is 0 Å². The van der Waals surface area contributed by atoms with Gasteiger partial charge in [0, 0.05) is 44.9 Å². The Labute approximate surface area is 218 Å². The van der Waals surface area contributed by atoms with Gasteiger partial charge in [0.2, 0.25) is 5.91 Å². The first-order chi connectivity index (χ1) is 18.1. The van der Waals surface area contributed by atoms with Gasteiger partial charge in [-0.1, -0.05) is 36.4 Å². The number of hydrogen-bond donors (Lipinski definition) is 0. The topological polar surface area (TPSA) is 67.3 Å². The molecule has 1 unspecified atom stereocenters. The number of rotatable bonds is 8. The zero-order chi connectivity index (χ0) is 25.6. The molecule has 0 N–H and O–H groups in total. The largest absolute Gasteiger partial charge is 0.491 e. The first kappa shape index (κ1) is 25.0. The molecule has 5 rings (SSSR count). The minimum atomic E-state index is -0.0240. The second kappa shape index (κ2) is 11.6. The Morgan fingerprint density at radius 1 is 1.03 bits per heavy atom. The van der Waals surface area contributed by atoms with Crippen molar-refractivity contribution >= 4 is 17.9 Å². The Kier molecular flexibility index (Phi) is 7.80. The van der Waals surface area contributed by atoms with Crippen molar-refractivity contribution in [1.29, 1.82) is 0 Å². The van der Waals surface area contributed by atoms with Gasteiger partial charge in [-0.3, -0.25) is 4.79 Å². The summed E-state index contributed by atoms with van der Waals surface area (Å²) in [7, 11) is 1.67. The number of hydrogen-bond acceptors (Lipinski definition) is 6. The third-order valence-electron chi connectivity index (χ3n) is 7.23. The van der Waals surface area contributed by atoms with Crippen LogP contribution in [0.5, 0.6) is 5.75 Å². The Morgan fingerprint density at radius 2 is 1.84 bits per heavy atom. The van der Waals surface area contributed by atoms with Gasteiger partial charge in [0.1, 0.15) is 18.2 Å². The molecule has 7 nitrogen and oxygen atoms in total. The second-order valence-corrected chi connectivity index (χ2v) is 9.63. The third kappa shape index (κ3) is 5.67. The lowest BCUT2D eigenvalue weighted by Gasteiger charge is -2.34. The normalized spacial score (nSPS) is 17.8. The van der Waals surface area contributed by atoms with Gasteiger partial charge in [0.05, 0.1) is 12.6 Å². The van der Waals surface area contributed by atoms with Crippen molar-refractivity contribution in [3.8, 4) is 16.9 Å². The minimum Gasteiger partial charge on any atom is -0.491 e. The first-order valence-electron chi connectivity index (χ1n) is 13.0. The molecule has 0 saturated carbocycles. The van der Waals surface area contributed by atoms with Gasteiger partial charge in [-0.15, -0.1) is 0 Å². The van der Waals surface area contributed by atoms with E-state index in [1.54, 1.807) is 12.1 Å². The fourth-order valence-electron chi connectivity index (χ4n) is 5.12. The van der Waals surface area contributed by atoms with E-state index in [4.69, 9.17) is 9.47 Å². The van der Waals surface area contributed by atoms with Crippen molar-refractivity contribution < 1.29 is 14.3 Å². The number of amides is 1. The number of carbonyl (C=O) groups is 1. The zero-order valence-corrected chi connectivity index (χ0v) is 21.5. The van der Waals surface area contributed by atoms with E-state index in [-0.39, 0.29) is 17.9 Å². The Hall–Kier alpha value is -3.71. The number of benzene rings is 2. The van der Waals surface area contributed by atoms with Crippen LogP contribution in [0.3, 0.4) is 0 Å². The van der Waals surface area contributed by atoms with E-state index < -0.39 is 0 Å². The number of methoxy groups -OCH3 is 1. The van der Waals surface area contributed by atoms with Crippen LogP contribution >= 0.6 is 0 Å². The highest BCUT2D eigenvalue weighted by Gasteiger charge is 2.34. The van der Waals surface area contributed by atoms with Crippen LogP contribution < -0.4 is 9.64 Å². The van der Waals surface area contributed by atoms with Crippen molar-refractivity contribution in [3.05, 3.63) is 78.0 Å². The van der Waals surface area contributed by atoms with Crippen molar-refractivity contribution in [2.24, 2.45) is 11.0 Å². The lowest BCUT2D eigenvalue weighted by molar-refractivity contribution is -0.138. The molecule has 2 aromatic carbocycles. The quantitative estimate of drug-likeness (QED) is 0.397. The predicted octanol–water partition coefficient (Wildman–Crippen LogP) is 5.26. The zero-order valence-electron chi connectivity index (χ0n) is 21.5. The summed E-state index contributed by atoms with van der Waals surface area (Å²) >= 11 is 0. The van der Waals surface area contributed by atoms with Gasteiger partial charge in [-0.25, -0.2) is 9.99 Å². The molecule has 0 radical (unpaired) electrons. The number of carbonyl (C=O) groups excluding carboxylic acids is 1. The highest BCUT2D eigenvalue weighted by Crippen LogP contribution is 2.34. The Morgan fingerprint density at radius 3 is 2.62 bits per heavy atom. The van der Waals surface area contributed by atoms with Crippen LogP contribution in [0, 0.1) is 12.8 Å². The van der Waals surface area contributed by atoms with Gasteiger partial charge in [-0.2, -0.15) is 5.10 Å². The number of ether oxygens (including phenoxy) is 2. The first-order valence-corrected chi connectivity index (χ1v) is 13.0. The Balaban J connectivity index is 1.24. The van der Waals surface area contributed by atoms with Crippen LogP contribution in [0.1, 0.15) is 36.4 Å². The van der Waals surface area contributed by atoms with Gasteiger partial charge in [-0.05, 0) is 66.3 Å². The smallest absolute Gasteiger partial charge is 0.246 e. The second-order valence-electron chi connectivity index (χ2n) is 9.63. The summed E-state index contributed by atoms with van der Waals surface area (Å²) in [6.07, 6.45) is 6.08. The molecular weight excluding hydrogens is 464 g/mol. The number of anilines is 1. The average molecular weight is 499 g/mol. The SMILES string of the molecule is COCCOc1ccc(C)c(-c2ccnc(N3CCC(C(=O)N4N=CCC4c4ccccc4)CC3)c2)c1. The Bertz CT molecular complexity index is 1240. The molecule has 0 bridgehead atoms. The van der Waals surface area contributed by atoms with E-state index in [2.05, 4.69) is 52.2 Å². The van der Waals surface area contributed by atoms with Crippen LogP contribution in [-0.2, 0) is 9.53 Å². The average Bonchev–Trinajstić information content (AvgIpc) is 3.44. The van der Waals surface area contributed by atoms with Crippen LogP contribution in [0.25, 0.3) is 11.1 Å². The molecule has 3 aromatic rings. The van der Waals surface area contributed by atoms with Gasteiger partial charge < -0.3 is 14.4 Å². The lowest BCUT2D eigenvalue weighted by Crippen LogP contribution is -2.41. The lowest BCUT2D eigenvalue weighted by atomic mass is 9.94. The monoisotopic (exact) mass is 498 g/mol. The molecule has 1 amide bonds. The standard InChI is InChI=1S/C30H34N4O3/c1-22-8-9-26(37-19-18-36-2)21-27(22)25-10-14-31-29(20-25)33-16-12-24(13-17-33)30(35)34-28(11-15-32-34)23-6-4-3-5-7-23/h3-10,14-15,20-21,24,28H,11-13,16-19H2,1-2H3. The summed E-state index contributed by atoms with van der Waals surface area (Å²) in [6.45, 7) is 4.76. The van der Waals surface area contributed by atoms with Crippen molar-refractivity contribution in [2.75, 3.05) is 38.3 Å². The highest BCUT2D eigenvalue weighted by atomic mass is 16.5. The van der Waals surface area contributed by atoms with E-state index in [1.165, 1.54) is 5.56 Å². The summed E-state index contributed by atoms with van der Waals surface area (Å²) in [5.41, 5.74) is 4.55. The van der Waals surface area contributed by atoms with Crippen LogP contribution in [0.15, 0.2) is 72.0 Å². The van der Waals surface area contributed by atoms with E-state index >= 15 is 0 Å². The molecule has 2 aliphatic rings. The molecule has 1 fully saturated rings. The molecule has 0 aliphatic carbocycles. The molecule has 37 heavy (non-hydrogen) atoms. The summed E-state index contributed by atoms with van der Waals surface area (Å²) in [5.74, 6) is 1.87. The number of aromatic nitrogens is 1. The van der Waals surface area contributed by atoms with E-state index in [0.29, 0.717) is 13.2 Å². The van der Waals surface area contributed by atoms with Gasteiger partial charge >= 0.3 is 0 Å². The predicted molar refractivity (Wildman–Crippen MR) is 146 cm³/mol. The summed E-state index contributed by atoms with van der Waals surface area (Å²) in [4.78, 5) is 20.3. The molecule has 192 valence electrons. The maximum atomic E-state index is 13.4. The minimum absolute atomic E-state index is 0.00237. The van der Waals surface area contributed by atoms with Crippen LogP contribution in [0.2, 0.25) is 0 Å². The molecule has 1 saturated heterocycles. The fourth-order valence-corrected chi connectivity index (χ4v) is 5.12. The molecule has 3 heterocycles.